The van der Waals surface area contributed by atoms with Crippen LogP contribution in [0.4, 0.5) is 0 Å². The Morgan fingerprint density at radius 2 is 1.62 bits per heavy atom. The van der Waals surface area contributed by atoms with Crippen molar-refractivity contribution in [2.75, 3.05) is 0 Å². The molecule has 0 heterocycles. The van der Waals surface area contributed by atoms with Gasteiger partial charge in [-0.05, 0) is 6.42 Å². The van der Waals surface area contributed by atoms with E-state index in [2.05, 4.69) is 6.92 Å². The first-order valence-corrected chi connectivity index (χ1v) is 5.88. The van der Waals surface area contributed by atoms with Gasteiger partial charge in [0.2, 0.25) is 0 Å². The molecule has 0 spiro atoms. The van der Waals surface area contributed by atoms with Gasteiger partial charge in [-0.2, -0.15) is 13.5 Å². The van der Waals surface area contributed by atoms with E-state index in [1.54, 1.807) is 0 Å². The maximum absolute atomic E-state index is 11.0. The lowest BCUT2D eigenvalue weighted by atomic mass is 10.1. The number of aliphatic hydroxyl groups excluding tert-OH is 1. The number of hydrogen-bond acceptors (Lipinski definition) is 3. The summed E-state index contributed by atoms with van der Waals surface area (Å²) in [5.41, 5.74) is 0. The highest BCUT2D eigenvalue weighted by Crippen LogP contribution is 2.08. The van der Waals surface area contributed by atoms with Crippen LogP contribution in [0.5, 0.6) is 0 Å². The minimum absolute atomic E-state index is 0. The van der Waals surface area contributed by atoms with Crippen molar-refractivity contribution in [2.24, 2.45) is 0 Å². The highest BCUT2D eigenvalue weighted by atomic mass is 32.1. The van der Waals surface area contributed by atoms with Gasteiger partial charge in [-0.15, -0.1) is 0 Å². The summed E-state index contributed by atoms with van der Waals surface area (Å²) in [6, 6.07) is 0. The van der Waals surface area contributed by atoms with Gasteiger partial charge < -0.3 is 5.11 Å². The molecule has 4 heteroatoms. The number of Topliss-reactive ketones (excluding diaryl/α,β-unsaturated/α-hetero) is 1. The Hall–Kier alpha value is -0.350. The largest absolute Gasteiger partial charge is 0.378 e. The van der Waals surface area contributed by atoms with E-state index in [1.807, 2.05) is 0 Å². The quantitative estimate of drug-likeness (QED) is 0.367. The topological polar surface area (TPSA) is 54.4 Å². The molecule has 0 aliphatic rings. The van der Waals surface area contributed by atoms with Crippen molar-refractivity contribution in [3.8, 4) is 0 Å². The first-order chi connectivity index (χ1) is 7.22. The number of carbonyl (C=O) groups excluding carboxylic acids is 2. The molecule has 0 amide bonds. The van der Waals surface area contributed by atoms with E-state index in [0.717, 1.165) is 19.3 Å². The summed E-state index contributed by atoms with van der Waals surface area (Å²) >= 11 is 0. The second-order valence-electron chi connectivity index (χ2n) is 3.92. The fourth-order valence-corrected chi connectivity index (χ4v) is 1.48. The molecule has 0 saturated heterocycles. The second-order valence-corrected chi connectivity index (χ2v) is 3.92. The minimum Gasteiger partial charge on any atom is -0.378 e. The zero-order valence-electron chi connectivity index (χ0n) is 10.1. The highest BCUT2D eigenvalue weighted by molar-refractivity contribution is 7.59. The zero-order chi connectivity index (χ0) is 11.5. The molecule has 96 valence electrons. The molecule has 0 aliphatic carbocycles. The highest BCUT2D eigenvalue weighted by Gasteiger charge is 2.12. The third-order valence-electron chi connectivity index (χ3n) is 2.49. The van der Waals surface area contributed by atoms with E-state index >= 15 is 0 Å². The number of ketones is 1. The maximum Gasteiger partial charge on any atom is 0.168 e. The van der Waals surface area contributed by atoms with Crippen LogP contribution in [-0.2, 0) is 9.59 Å². The van der Waals surface area contributed by atoms with Gasteiger partial charge in [0.05, 0.1) is 0 Å². The molecule has 0 aromatic heterocycles. The predicted octanol–water partition coefficient (Wildman–Crippen LogP) is 2.37. The van der Waals surface area contributed by atoms with Crippen LogP contribution in [0.25, 0.3) is 0 Å². The molecule has 0 bridgehead atoms. The first kappa shape index (κ1) is 18.0. The van der Waals surface area contributed by atoms with Crippen molar-refractivity contribution in [1.29, 1.82) is 0 Å². The average Bonchev–Trinajstić information content (AvgIpc) is 2.26. The smallest absolute Gasteiger partial charge is 0.168 e. The van der Waals surface area contributed by atoms with Crippen molar-refractivity contribution in [3.05, 3.63) is 0 Å². The van der Waals surface area contributed by atoms with Crippen LogP contribution in [0.1, 0.15) is 58.3 Å². The van der Waals surface area contributed by atoms with Crippen LogP contribution in [0.2, 0.25) is 0 Å². The van der Waals surface area contributed by atoms with E-state index < -0.39 is 6.10 Å². The molecule has 1 unspecified atom stereocenters. The molecule has 16 heavy (non-hydrogen) atoms. The normalized spacial score (nSPS) is 11.6. The van der Waals surface area contributed by atoms with Crippen LogP contribution in [-0.4, -0.2) is 23.3 Å². The number of aldehydes is 1. The van der Waals surface area contributed by atoms with Crippen LogP contribution >= 0.6 is 13.5 Å². The Kier molecular flexibility index (Phi) is 14.3. The molecule has 3 nitrogen and oxygen atoms in total. The molecule has 1 atom stereocenters. The first-order valence-electron chi connectivity index (χ1n) is 5.88. The fraction of sp³-hybridized carbons (Fsp3) is 0.833. The summed E-state index contributed by atoms with van der Waals surface area (Å²) in [4.78, 5) is 21.1. The van der Waals surface area contributed by atoms with Gasteiger partial charge in [0.25, 0.3) is 0 Å². The van der Waals surface area contributed by atoms with Crippen molar-refractivity contribution >= 4 is 25.6 Å². The fourth-order valence-electron chi connectivity index (χ4n) is 1.48. The Morgan fingerprint density at radius 1 is 1.12 bits per heavy atom. The van der Waals surface area contributed by atoms with E-state index in [1.165, 1.54) is 25.7 Å². The Morgan fingerprint density at radius 3 is 2.12 bits per heavy atom. The third kappa shape index (κ3) is 10.2. The molecule has 1 N–H and O–H groups in total. The van der Waals surface area contributed by atoms with Gasteiger partial charge in [-0.3, -0.25) is 9.59 Å². The molecule has 0 aliphatic heterocycles. The van der Waals surface area contributed by atoms with Crippen LogP contribution in [0.3, 0.4) is 0 Å². The molecule has 0 radical (unpaired) electrons. The lowest BCUT2D eigenvalue weighted by molar-refractivity contribution is -0.132. The Balaban J connectivity index is 0. The summed E-state index contributed by atoms with van der Waals surface area (Å²) in [7, 11) is 0. The van der Waals surface area contributed by atoms with Crippen molar-refractivity contribution in [3.63, 3.8) is 0 Å². The van der Waals surface area contributed by atoms with Gasteiger partial charge >= 0.3 is 0 Å². The molecule has 0 saturated carbocycles. The molecule has 0 aromatic rings. The van der Waals surface area contributed by atoms with E-state index in [9.17, 15) is 9.59 Å². The SMILES string of the molecule is CCCCCCCCCC(=O)C(O)C=O.S. The van der Waals surface area contributed by atoms with Gasteiger partial charge in [-0.1, -0.05) is 45.4 Å². The predicted molar refractivity (Wildman–Crippen MR) is 70.1 cm³/mol. The van der Waals surface area contributed by atoms with E-state index in [4.69, 9.17) is 5.11 Å². The van der Waals surface area contributed by atoms with Crippen LogP contribution < -0.4 is 0 Å². The zero-order valence-corrected chi connectivity index (χ0v) is 11.1. The summed E-state index contributed by atoms with van der Waals surface area (Å²) in [6.07, 6.45) is 7.18. The van der Waals surface area contributed by atoms with E-state index in [-0.39, 0.29) is 19.3 Å². The van der Waals surface area contributed by atoms with E-state index in [0.29, 0.717) is 12.7 Å². The number of rotatable bonds is 10. The molecular weight excluding hydrogens is 224 g/mol. The number of carbonyl (C=O) groups is 2. The number of hydrogen-bond donors (Lipinski definition) is 1. The third-order valence-corrected chi connectivity index (χ3v) is 2.49. The number of unbranched alkanes of at least 4 members (excludes halogenated alkanes) is 6. The maximum atomic E-state index is 11.0. The Labute approximate surface area is 105 Å². The molecule has 0 aromatic carbocycles. The van der Waals surface area contributed by atoms with Crippen molar-refractivity contribution in [2.45, 2.75) is 64.4 Å². The van der Waals surface area contributed by atoms with Crippen LogP contribution in [0.15, 0.2) is 0 Å². The van der Waals surface area contributed by atoms with Crippen molar-refractivity contribution in [1.82, 2.24) is 0 Å². The standard InChI is InChI=1S/C12H22O3.H2S/c1-2-3-4-5-6-7-8-9-11(14)12(15)10-13;/h10,12,15H,2-9H2,1H3;1H2. The summed E-state index contributed by atoms with van der Waals surface area (Å²) in [6.45, 7) is 2.18. The minimum atomic E-state index is -1.40. The molecular formula is C12H24O3S. The Bertz CT molecular complexity index is 183. The average molecular weight is 248 g/mol. The van der Waals surface area contributed by atoms with Gasteiger partial charge in [-0.25, -0.2) is 0 Å². The summed E-state index contributed by atoms with van der Waals surface area (Å²) in [5, 5.41) is 8.88. The summed E-state index contributed by atoms with van der Waals surface area (Å²) in [5.74, 6) is -0.349. The van der Waals surface area contributed by atoms with Gasteiger partial charge in [0, 0.05) is 6.42 Å². The summed E-state index contributed by atoms with van der Waals surface area (Å²) < 4.78 is 0. The molecule has 0 rings (SSSR count). The van der Waals surface area contributed by atoms with Crippen molar-refractivity contribution < 1.29 is 14.7 Å². The van der Waals surface area contributed by atoms with Crippen LogP contribution in [0, 0.1) is 0 Å². The lowest BCUT2D eigenvalue weighted by Gasteiger charge is -2.02. The monoisotopic (exact) mass is 248 g/mol. The molecule has 0 fully saturated rings. The van der Waals surface area contributed by atoms with Gasteiger partial charge in [0.1, 0.15) is 0 Å². The second kappa shape index (κ2) is 12.7. The van der Waals surface area contributed by atoms with Gasteiger partial charge in [0.15, 0.2) is 18.2 Å². The lowest BCUT2D eigenvalue weighted by Crippen LogP contribution is -2.21. The number of aliphatic hydroxyl groups is 1.